The molecule has 0 bridgehead atoms. The minimum atomic E-state index is -3.87. The highest BCUT2D eigenvalue weighted by molar-refractivity contribution is 8.18. The van der Waals surface area contributed by atoms with Crippen LogP contribution >= 0.6 is 11.8 Å². The van der Waals surface area contributed by atoms with Crippen LogP contribution in [0.5, 0.6) is 0 Å². The molecule has 3 aliphatic rings. The highest BCUT2D eigenvalue weighted by Gasteiger charge is 2.42. The Morgan fingerprint density at radius 3 is 2.65 bits per heavy atom. The number of hydrogen-bond donors (Lipinski definition) is 3. The summed E-state index contributed by atoms with van der Waals surface area (Å²) in [6.07, 6.45) is 3.92. The van der Waals surface area contributed by atoms with Crippen molar-refractivity contribution in [2.45, 2.75) is 64.1 Å². The smallest absolute Gasteiger partial charge is 0.279 e. The van der Waals surface area contributed by atoms with Crippen molar-refractivity contribution in [3.8, 4) is 0 Å². The van der Waals surface area contributed by atoms with E-state index in [9.17, 15) is 21.9 Å². The van der Waals surface area contributed by atoms with E-state index < -0.39 is 26.1 Å². The maximum atomic E-state index is 12.9. The molecular formula is C21H30N4O6S3. The molecule has 3 N–H and O–H groups in total. The number of furan rings is 1. The molecule has 2 aliphatic heterocycles. The van der Waals surface area contributed by atoms with Crippen LogP contribution in [0.15, 0.2) is 42.2 Å². The molecule has 188 valence electrons. The van der Waals surface area contributed by atoms with Gasteiger partial charge in [0.25, 0.3) is 20.0 Å². The molecule has 0 amide bonds. The van der Waals surface area contributed by atoms with Crippen molar-refractivity contribution in [2.75, 3.05) is 12.8 Å². The first-order valence-corrected chi connectivity index (χ1v) is 15.1. The summed E-state index contributed by atoms with van der Waals surface area (Å²) < 4.78 is 60.9. The molecule has 10 nitrogen and oxygen atoms in total. The fraction of sp³-hybridized carbons (Fsp3) is 0.571. The lowest BCUT2D eigenvalue weighted by atomic mass is 10.1. The van der Waals surface area contributed by atoms with E-state index in [2.05, 4.69) is 28.9 Å². The van der Waals surface area contributed by atoms with Gasteiger partial charge >= 0.3 is 0 Å². The highest BCUT2D eigenvalue weighted by atomic mass is 32.3. The zero-order valence-corrected chi connectivity index (χ0v) is 21.9. The minimum Gasteiger partial charge on any atom is -0.508 e. The van der Waals surface area contributed by atoms with Gasteiger partial charge in [0.1, 0.15) is 11.5 Å². The first-order valence-electron chi connectivity index (χ1n) is 11.1. The van der Waals surface area contributed by atoms with Crippen molar-refractivity contribution in [3.63, 3.8) is 0 Å². The van der Waals surface area contributed by atoms with Crippen LogP contribution in [0.4, 0.5) is 0 Å². The molecule has 0 saturated heterocycles. The second kappa shape index (κ2) is 9.25. The van der Waals surface area contributed by atoms with E-state index in [0.29, 0.717) is 18.1 Å². The van der Waals surface area contributed by atoms with E-state index in [1.54, 1.807) is 6.26 Å². The quantitative estimate of drug-likeness (QED) is 0.439. The number of hydrogen-bond acceptors (Lipinski definition) is 9. The molecule has 3 heterocycles. The molecule has 13 heteroatoms. The van der Waals surface area contributed by atoms with Crippen LogP contribution in [0, 0.1) is 0 Å². The van der Waals surface area contributed by atoms with Gasteiger partial charge in [-0.25, -0.2) is 8.42 Å². The molecular weight excluding hydrogens is 500 g/mol. The van der Waals surface area contributed by atoms with Gasteiger partial charge in [-0.15, -0.1) is 16.2 Å². The average Bonchev–Trinajstić information content (AvgIpc) is 3.25. The molecule has 1 fully saturated rings. The van der Waals surface area contributed by atoms with E-state index in [0.717, 1.165) is 35.6 Å². The Kier molecular flexibility index (Phi) is 6.84. The zero-order valence-electron chi connectivity index (χ0n) is 19.5. The molecule has 34 heavy (non-hydrogen) atoms. The summed E-state index contributed by atoms with van der Waals surface area (Å²) in [5, 5.41) is 17.8. The summed E-state index contributed by atoms with van der Waals surface area (Å²) in [6.45, 7) is 6.06. The van der Waals surface area contributed by atoms with Gasteiger partial charge < -0.3 is 20.2 Å². The first-order chi connectivity index (χ1) is 15.9. The number of aliphatic hydroxyl groups excluding tert-OH is 1. The Morgan fingerprint density at radius 1 is 1.35 bits per heavy atom. The van der Waals surface area contributed by atoms with Gasteiger partial charge in [-0.1, -0.05) is 20.8 Å². The van der Waals surface area contributed by atoms with E-state index >= 15 is 0 Å². The largest absolute Gasteiger partial charge is 0.508 e. The molecule has 0 aromatic carbocycles. The normalized spacial score (nSPS) is 23.4. The summed E-state index contributed by atoms with van der Waals surface area (Å²) in [5.41, 5.74) is 1.27. The van der Waals surface area contributed by atoms with Gasteiger partial charge in [0.15, 0.2) is 10.1 Å². The van der Waals surface area contributed by atoms with Gasteiger partial charge in [0, 0.05) is 18.8 Å². The summed E-state index contributed by atoms with van der Waals surface area (Å²) in [5.74, 6) is 0.882. The summed E-state index contributed by atoms with van der Waals surface area (Å²) >= 11 is 1.02. The van der Waals surface area contributed by atoms with Crippen molar-refractivity contribution >= 4 is 37.6 Å². The monoisotopic (exact) mass is 530 g/mol. The van der Waals surface area contributed by atoms with Crippen LogP contribution in [0.3, 0.4) is 0 Å². The minimum absolute atomic E-state index is 0.0282. The van der Waals surface area contributed by atoms with E-state index in [4.69, 9.17) is 4.42 Å². The molecule has 1 aromatic rings. The third-order valence-electron chi connectivity index (χ3n) is 6.03. The van der Waals surface area contributed by atoms with Crippen LogP contribution < -0.4 is 10.6 Å². The third-order valence-corrected chi connectivity index (χ3v) is 10.7. The fourth-order valence-electron chi connectivity index (χ4n) is 3.73. The fourth-order valence-corrected chi connectivity index (χ4v) is 7.94. The number of rotatable bonds is 9. The van der Waals surface area contributed by atoms with Crippen molar-refractivity contribution in [3.05, 3.63) is 44.8 Å². The van der Waals surface area contributed by atoms with E-state index in [1.165, 1.54) is 11.4 Å². The van der Waals surface area contributed by atoms with E-state index in [1.807, 2.05) is 13.0 Å². The first kappa shape index (κ1) is 25.1. The van der Waals surface area contributed by atoms with Crippen LogP contribution in [-0.4, -0.2) is 57.0 Å². The van der Waals surface area contributed by atoms with Gasteiger partial charge in [-0.3, -0.25) is 0 Å². The zero-order chi connectivity index (χ0) is 24.8. The number of nitrogens with zero attached hydrogens (tertiary/aromatic N) is 2. The Bertz CT molecular complexity index is 1260. The van der Waals surface area contributed by atoms with Crippen molar-refractivity contribution in [1.82, 2.24) is 14.9 Å². The van der Waals surface area contributed by atoms with Gasteiger partial charge in [0.05, 0.1) is 29.5 Å². The van der Waals surface area contributed by atoms with Gasteiger partial charge in [0.2, 0.25) is 0 Å². The topological polar surface area (TPSA) is 141 Å². The highest BCUT2D eigenvalue weighted by Crippen LogP contribution is 2.39. The predicted molar refractivity (Wildman–Crippen MR) is 132 cm³/mol. The molecule has 1 unspecified atom stereocenters. The lowest BCUT2D eigenvalue weighted by Gasteiger charge is -2.20. The van der Waals surface area contributed by atoms with Crippen LogP contribution in [0.25, 0.3) is 0 Å². The number of aliphatic hydroxyl groups is 1. The number of sulfonamides is 2. The SMILES string of the molecule is CC[C@@H](NC1=CS(=O)(=O)N=C1NC1CSC(S(=O)(=O)N(C)C2CC2)=C1O)c1cc(C(C)C)co1. The number of thioether (sulfide) groups is 1. The molecule has 4 rings (SSSR count). The molecule has 1 saturated carbocycles. The van der Waals surface area contributed by atoms with Crippen molar-refractivity contribution in [1.29, 1.82) is 0 Å². The standard InChI is InChI=1S/C21H30N4O6S3/c1-5-15(18-8-13(9-31-18)12(2)3)22-17-11-33(27,28)24-20(17)23-16-10-32-21(19(16)26)34(29,30)25(4)14-6-7-14/h8-9,11-12,14-16,22,26H,5-7,10H2,1-4H3,(H,23,24)/t15-,16?/m1/s1. The molecule has 1 aromatic heterocycles. The number of nitrogens with one attached hydrogen (secondary N) is 2. The Hall–Kier alpha value is -1.96. The predicted octanol–water partition coefficient (Wildman–Crippen LogP) is 2.88. The summed E-state index contributed by atoms with van der Waals surface area (Å²) in [6, 6.07) is 0.806. The average molecular weight is 531 g/mol. The van der Waals surface area contributed by atoms with Crippen LogP contribution in [0.2, 0.25) is 0 Å². The van der Waals surface area contributed by atoms with Gasteiger partial charge in [-0.2, -0.15) is 12.7 Å². The summed E-state index contributed by atoms with van der Waals surface area (Å²) in [4.78, 5) is 0. The lowest BCUT2D eigenvalue weighted by Crippen LogP contribution is -2.40. The van der Waals surface area contributed by atoms with Crippen molar-refractivity contribution in [2.24, 2.45) is 4.40 Å². The maximum Gasteiger partial charge on any atom is 0.279 e. The van der Waals surface area contributed by atoms with E-state index in [-0.39, 0.29) is 39.4 Å². The molecule has 0 radical (unpaired) electrons. The molecule has 0 spiro atoms. The number of amidine groups is 1. The second-order valence-electron chi connectivity index (χ2n) is 8.96. The third kappa shape index (κ3) is 5.02. The molecule has 2 atom stereocenters. The Labute approximate surface area is 204 Å². The molecule has 1 aliphatic carbocycles. The van der Waals surface area contributed by atoms with Crippen LogP contribution in [0.1, 0.15) is 63.3 Å². The Balaban J connectivity index is 1.53. The lowest BCUT2D eigenvalue weighted by molar-refractivity contribution is 0.368. The van der Waals surface area contributed by atoms with Crippen LogP contribution in [-0.2, 0) is 20.0 Å². The Morgan fingerprint density at radius 2 is 2.06 bits per heavy atom. The van der Waals surface area contributed by atoms with Gasteiger partial charge in [-0.05, 0) is 36.8 Å². The maximum absolute atomic E-state index is 12.9. The van der Waals surface area contributed by atoms with Crippen molar-refractivity contribution < 1.29 is 26.4 Å². The second-order valence-corrected chi connectivity index (χ2v) is 13.6. The summed E-state index contributed by atoms with van der Waals surface area (Å²) in [7, 11) is -6.16.